The molecule has 0 unspecified atom stereocenters. The number of carboxylic acid groups (broad SMARTS) is 1. The van der Waals surface area contributed by atoms with Crippen LogP contribution in [-0.4, -0.2) is 16.1 Å². The number of rotatable bonds is 2. The Hall–Kier alpha value is -2.55. The number of carboxylic acids is 1. The quantitative estimate of drug-likeness (QED) is 0.731. The smallest absolute Gasteiger partial charge is 0.352 e. The van der Waals surface area contributed by atoms with Gasteiger partial charge in [0.2, 0.25) is 0 Å². The number of aryl methyl sites for hydroxylation is 1. The Labute approximate surface area is 116 Å². The SMILES string of the molecule is Cc1cccc(-c2cccc3cc(C(=O)O)[nH]c23)c1C. The lowest BCUT2D eigenvalue weighted by molar-refractivity contribution is 0.0691. The minimum absolute atomic E-state index is 0.220. The Kier molecular flexibility index (Phi) is 2.83. The third-order valence-electron chi connectivity index (χ3n) is 3.78. The summed E-state index contributed by atoms with van der Waals surface area (Å²) in [5.74, 6) is -0.937. The number of H-pyrrole nitrogens is 1. The lowest BCUT2D eigenvalue weighted by Crippen LogP contribution is -1.95. The highest BCUT2D eigenvalue weighted by atomic mass is 16.4. The Bertz CT molecular complexity index is 815. The molecule has 0 fully saturated rings. The third kappa shape index (κ3) is 1.88. The van der Waals surface area contributed by atoms with Gasteiger partial charge < -0.3 is 10.1 Å². The molecule has 1 heterocycles. The van der Waals surface area contributed by atoms with E-state index < -0.39 is 5.97 Å². The molecule has 3 aromatic rings. The molecule has 0 atom stereocenters. The van der Waals surface area contributed by atoms with Crippen molar-refractivity contribution in [1.82, 2.24) is 4.98 Å². The van der Waals surface area contributed by atoms with Crippen molar-refractivity contribution in [3.05, 3.63) is 59.3 Å². The van der Waals surface area contributed by atoms with E-state index in [2.05, 4.69) is 31.0 Å². The van der Waals surface area contributed by atoms with Gasteiger partial charge in [-0.2, -0.15) is 0 Å². The van der Waals surface area contributed by atoms with Gasteiger partial charge in [-0.25, -0.2) is 4.79 Å². The zero-order chi connectivity index (χ0) is 14.3. The van der Waals surface area contributed by atoms with E-state index in [9.17, 15) is 4.79 Å². The monoisotopic (exact) mass is 265 g/mol. The number of hydrogen-bond acceptors (Lipinski definition) is 1. The molecule has 0 saturated heterocycles. The first-order chi connectivity index (χ1) is 9.58. The highest BCUT2D eigenvalue weighted by molar-refractivity contribution is 6.00. The van der Waals surface area contributed by atoms with E-state index in [-0.39, 0.29) is 5.69 Å². The fraction of sp³-hybridized carbons (Fsp3) is 0.118. The molecule has 3 heteroatoms. The van der Waals surface area contributed by atoms with Crippen molar-refractivity contribution >= 4 is 16.9 Å². The summed E-state index contributed by atoms with van der Waals surface area (Å²) in [5.41, 5.74) is 5.71. The molecule has 0 aliphatic carbocycles. The maximum absolute atomic E-state index is 11.1. The molecule has 2 aromatic carbocycles. The number of para-hydroxylation sites is 1. The Morgan fingerprint density at radius 3 is 2.50 bits per heavy atom. The average Bonchev–Trinajstić information content (AvgIpc) is 2.86. The number of fused-ring (bicyclic) bond motifs is 1. The summed E-state index contributed by atoms with van der Waals surface area (Å²) in [6.45, 7) is 4.17. The standard InChI is InChI=1S/C17H15NO2/c1-10-5-3-7-13(11(10)2)14-8-4-6-12-9-15(17(19)20)18-16(12)14/h3-9,18H,1-2H3,(H,19,20). The van der Waals surface area contributed by atoms with Crippen LogP contribution in [0, 0.1) is 13.8 Å². The average molecular weight is 265 g/mol. The molecule has 100 valence electrons. The van der Waals surface area contributed by atoms with Gasteiger partial charge in [0.05, 0.1) is 5.52 Å². The number of aromatic carboxylic acids is 1. The maximum atomic E-state index is 11.1. The molecule has 0 aliphatic rings. The van der Waals surface area contributed by atoms with Crippen LogP contribution in [0.2, 0.25) is 0 Å². The third-order valence-corrected chi connectivity index (χ3v) is 3.78. The fourth-order valence-corrected chi connectivity index (χ4v) is 2.54. The predicted molar refractivity (Wildman–Crippen MR) is 80.2 cm³/mol. The number of benzene rings is 2. The molecule has 3 rings (SSSR count). The molecule has 2 N–H and O–H groups in total. The predicted octanol–water partition coefficient (Wildman–Crippen LogP) is 4.15. The van der Waals surface area contributed by atoms with Gasteiger partial charge in [0.15, 0.2) is 0 Å². The summed E-state index contributed by atoms with van der Waals surface area (Å²) in [5, 5.41) is 10.0. The number of nitrogens with one attached hydrogen (secondary N) is 1. The molecule has 3 nitrogen and oxygen atoms in total. The maximum Gasteiger partial charge on any atom is 0.352 e. The molecule has 1 aromatic heterocycles. The number of aromatic amines is 1. The topological polar surface area (TPSA) is 53.1 Å². The number of carbonyl (C=O) groups is 1. The van der Waals surface area contributed by atoms with Crippen LogP contribution < -0.4 is 0 Å². The molecule has 20 heavy (non-hydrogen) atoms. The van der Waals surface area contributed by atoms with Gasteiger partial charge in [0.1, 0.15) is 5.69 Å². The van der Waals surface area contributed by atoms with Crippen molar-refractivity contribution in [3.63, 3.8) is 0 Å². The molecule has 0 bridgehead atoms. The Morgan fingerprint density at radius 1 is 1.05 bits per heavy atom. The Balaban J connectivity index is 2.31. The first-order valence-electron chi connectivity index (χ1n) is 6.49. The number of hydrogen-bond donors (Lipinski definition) is 2. The second-order valence-electron chi connectivity index (χ2n) is 5.01. The summed E-state index contributed by atoms with van der Waals surface area (Å²) < 4.78 is 0. The van der Waals surface area contributed by atoms with E-state index in [0.717, 1.165) is 22.0 Å². The normalized spacial score (nSPS) is 10.9. The van der Waals surface area contributed by atoms with Crippen molar-refractivity contribution in [2.45, 2.75) is 13.8 Å². The minimum atomic E-state index is -0.937. The number of aromatic nitrogens is 1. The fourth-order valence-electron chi connectivity index (χ4n) is 2.54. The van der Waals surface area contributed by atoms with Crippen LogP contribution in [0.4, 0.5) is 0 Å². The van der Waals surface area contributed by atoms with E-state index in [1.165, 1.54) is 11.1 Å². The van der Waals surface area contributed by atoms with Crippen LogP contribution >= 0.6 is 0 Å². The zero-order valence-corrected chi connectivity index (χ0v) is 11.4. The van der Waals surface area contributed by atoms with Crippen molar-refractivity contribution in [3.8, 4) is 11.1 Å². The van der Waals surface area contributed by atoms with Crippen LogP contribution in [0.25, 0.3) is 22.0 Å². The summed E-state index contributed by atoms with van der Waals surface area (Å²) in [6.07, 6.45) is 0. The van der Waals surface area contributed by atoms with E-state index in [0.29, 0.717) is 0 Å². The second-order valence-corrected chi connectivity index (χ2v) is 5.01. The molecular formula is C17H15NO2. The molecular weight excluding hydrogens is 250 g/mol. The van der Waals surface area contributed by atoms with Gasteiger partial charge in [-0.15, -0.1) is 0 Å². The molecule has 0 aliphatic heterocycles. The van der Waals surface area contributed by atoms with E-state index in [1.807, 2.05) is 24.3 Å². The summed E-state index contributed by atoms with van der Waals surface area (Å²) in [7, 11) is 0. The van der Waals surface area contributed by atoms with Crippen LogP contribution in [0.3, 0.4) is 0 Å². The minimum Gasteiger partial charge on any atom is -0.477 e. The van der Waals surface area contributed by atoms with E-state index >= 15 is 0 Å². The van der Waals surface area contributed by atoms with Crippen LogP contribution in [0.15, 0.2) is 42.5 Å². The van der Waals surface area contributed by atoms with Crippen LogP contribution in [0.5, 0.6) is 0 Å². The van der Waals surface area contributed by atoms with Gasteiger partial charge in [0, 0.05) is 10.9 Å². The Morgan fingerprint density at radius 2 is 1.75 bits per heavy atom. The molecule has 0 spiro atoms. The van der Waals surface area contributed by atoms with Gasteiger partial charge in [-0.3, -0.25) is 0 Å². The van der Waals surface area contributed by atoms with Crippen molar-refractivity contribution in [2.24, 2.45) is 0 Å². The summed E-state index contributed by atoms with van der Waals surface area (Å²) >= 11 is 0. The van der Waals surface area contributed by atoms with E-state index in [1.54, 1.807) is 6.07 Å². The van der Waals surface area contributed by atoms with Crippen molar-refractivity contribution in [2.75, 3.05) is 0 Å². The summed E-state index contributed by atoms with van der Waals surface area (Å²) in [6, 6.07) is 13.7. The second kappa shape index (κ2) is 4.53. The molecule has 0 amide bonds. The van der Waals surface area contributed by atoms with Gasteiger partial charge in [0.25, 0.3) is 0 Å². The van der Waals surface area contributed by atoms with Gasteiger partial charge >= 0.3 is 5.97 Å². The van der Waals surface area contributed by atoms with Crippen molar-refractivity contribution in [1.29, 1.82) is 0 Å². The highest BCUT2D eigenvalue weighted by Crippen LogP contribution is 2.31. The highest BCUT2D eigenvalue weighted by Gasteiger charge is 2.12. The van der Waals surface area contributed by atoms with Crippen LogP contribution in [0.1, 0.15) is 21.6 Å². The molecule has 0 saturated carbocycles. The first-order valence-corrected chi connectivity index (χ1v) is 6.49. The first kappa shape index (κ1) is 12.5. The van der Waals surface area contributed by atoms with E-state index in [4.69, 9.17) is 5.11 Å². The van der Waals surface area contributed by atoms with Gasteiger partial charge in [-0.1, -0.05) is 36.4 Å². The largest absolute Gasteiger partial charge is 0.477 e. The van der Waals surface area contributed by atoms with Gasteiger partial charge in [-0.05, 0) is 36.6 Å². The summed E-state index contributed by atoms with van der Waals surface area (Å²) in [4.78, 5) is 14.1. The van der Waals surface area contributed by atoms with Crippen LogP contribution in [-0.2, 0) is 0 Å². The van der Waals surface area contributed by atoms with Crippen molar-refractivity contribution < 1.29 is 9.90 Å². The lowest BCUT2D eigenvalue weighted by Gasteiger charge is -2.09. The lowest BCUT2D eigenvalue weighted by atomic mass is 9.96. The molecule has 0 radical (unpaired) electrons. The zero-order valence-electron chi connectivity index (χ0n) is 11.4.